The molecular formula is C17H22BrNOS. The van der Waals surface area contributed by atoms with Crippen molar-refractivity contribution in [2.75, 3.05) is 26.8 Å². The molecule has 2 rings (SSSR count). The predicted molar refractivity (Wildman–Crippen MR) is 94.4 cm³/mol. The summed E-state index contributed by atoms with van der Waals surface area (Å²) >= 11 is 5.47. The Morgan fingerprint density at radius 1 is 1.33 bits per heavy atom. The summed E-state index contributed by atoms with van der Waals surface area (Å²) in [7, 11) is 1.74. The lowest BCUT2D eigenvalue weighted by Gasteiger charge is -2.18. The second-order valence-corrected chi connectivity index (χ2v) is 7.06. The number of rotatable bonds is 8. The van der Waals surface area contributed by atoms with Gasteiger partial charge in [0.2, 0.25) is 0 Å². The van der Waals surface area contributed by atoms with Gasteiger partial charge in [0.15, 0.2) is 0 Å². The molecule has 1 N–H and O–H groups in total. The summed E-state index contributed by atoms with van der Waals surface area (Å²) in [5, 5.41) is 5.64. The minimum absolute atomic E-state index is 0.483. The number of nitrogens with one attached hydrogen (secondary N) is 1. The highest BCUT2D eigenvalue weighted by Gasteiger charge is 2.15. The first-order valence-electron chi connectivity index (χ1n) is 7.18. The van der Waals surface area contributed by atoms with Crippen molar-refractivity contribution in [2.24, 2.45) is 0 Å². The molecule has 0 aliphatic carbocycles. The Balaban J connectivity index is 2.08. The predicted octanol–water partition coefficient (Wildman–Crippen LogP) is 4.38. The Labute approximate surface area is 139 Å². The third-order valence-electron chi connectivity index (χ3n) is 3.51. The molecule has 1 aromatic heterocycles. The normalized spacial score (nSPS) is 12.5. The monoisotopic (exact) mass is 367 g/mol. The molecular weight excluding hydrogens is 346 g/mol. The van der Waals surface area contributed by atoms with Crippen LogP contribution in [-0.4, -0.2) is 26.8 Å². The number of halogens is 1. The van der Waals surface area contributed by atoms with E-state index in [4.69, 9.17) is 4.74 Å². The molecule has 0 amide bonds. The highest BCUT2D eigenvalue weighted by Crippen LogP contribution is 2.29. The minimum atomic E-state index is 0.483. The van der Waals surface area contributed by atoms with Crippen LogP contribution in [0.5, 0.6) is 0 Å². The Hall–Kier alpha value is -0.680. The number of methoxy groups -OCH3 is 1. The van der Waals surface area contributed by atoms with Crippen LogP contribution in [0.25, 0.3) is 0 Å². The molecule has 0 aliphatic rings. The standard InChI is InChI=1S/C17H22BrNOS/c1-13-4-3-5-14(10-13)15(12-19-7-8-20-2)11-17-16(18)6-9-21-17/h3-6,9-10,15,19H,7-8,11-12H2,1-2H3. The van der Waals surface area contributed by atoms with Crippen LogP contribution in [0.4, 0.5) is 0 Å². The molecule has 0 saturated carbocycles. The van der Waals surface area contributed by atoms with E-state index in [1.54, 1.807) is 7.11 Å². The van der Waals surface area contributed by atoms with Crippen LogP contribution in [0.3, 0.4) is 0 Å². The van der Waals surface area contributed by atoms with E-state index < -0.39 is 0 Å². The van der Waals surface area contributed by atoms with Gasteiger partial charge in [0.25, 0.3) is 0 Å². The van der Waals surface area contributed by atoms with E-state index in [0.29, 0.717) is 5.92 Å². The number of thiophene rings is 1. The molecule has 1 heterocycles. The fourth-order valence-corrected chi connectivity index (χ4v) is 3.97. The number of hydrogen-bond acceptors (Lipinski definition) is 3. The third kappa shape index (κ3) is 5.22. The van der Waals surface area contributed by atoms with Crippen LogP contribution < -0.4 is 5.32 Å². The summed E-state index contributed by atoms with van der Waals surface area (Å²) in [6.07, 6.45) is 1.06. The highest BCUT2D eigenvalue weighted by atomic mass is 79.9. The van der Waals surface area contributed by atoms with Gasteiger partial charge in [-0.3, -0.25) is 0 Å². The van der Waals surface area contributed by atoms with Crippen molar-refractivity contribution in [1.29, 1.82) is 0 Å². The third-order valence-corrected chi connectivity index (χ3v) is 5.46. The van der Waals surface area contributed by atoms with Crippen molar-refractivity contribution in [3.05, 3.63) is 56.2 Å². The molecule has 2 aromatic rings. The zero-order chi connectivity index (χ0) is 15.1. The topological polar surface area (TPSA) is 21.3 Å². The van der Waals surface area contributed by atoms with E-state index in [0.717, 1.165) is 26.1 Å². The van der Waals surface area contributed by atoms with Gasteiger partial charge in [0, 0.05) is 35.5 Å². The number of ether oxygens (including phenoxy) is 1. The van der Waals surface area contributed by atoms with E-state index in [1.165, 1.54) is 20.5 Å². The Bertz CT molecular complexity index is 555. The van der Waals surface area contributed by atoms with E-state index in [1.807, 2.05) is 11.3 Å². The largest absolute Gasteiger partial charge is 0.383 e. The van der Waals surface area contributed by atoms with Gasteiger partial charge < -0.3 is 10.1 Å². The molecule has 4 heteroatoms. The van der Waals surface area contributed by atoms with Gasteiger partial charge in [-0.05, 0) is 46.3 Å². The zero-order valence-corrected chi connectivity index (χ0v) is 15.0. The second kappa shape index (κ2) is 8.69. The molecule has 1 aromatic carbocycles. The van der Waals surface area contributed by atoms with Crippen molar-refractivity contribution < 1.29 is 4.74 Å². The summed E-state index contributed by atoms with van der Waals surface area (Å²) in [6.45, 7) is 4.77. The highest BCUT2D eigenvalue weighted by molar-refractivity contribution is 9.10. The van der Waals surface area contributed by atoms with Crippen molar-refractivity contribution in [1.82, 2.24) is 5.32 Å². The Morgan fingerprint density at radius 2 is 2.19 bits per heavy atom. The molecule has 1 unspecified atom stereocenters. The molecule has 0 bridgehead atoms. The molecule has 1 atom stereocenters. The van der Waals surface area contributed by atoms with Crippen molar-refractivity contribution >= 4 is 27.3 Å². The van der Waals surface area contributed by atoms with Gasteiger partial charge in [-0.2, -0.15) is 0 Å². The minimum Gasteiger partial charge on any atom is -0.383 e. The molecule has 0 saturated heterocycles. The second-order valence-electron chi connectivity index (χ2n) is 5.20. The van der Waals surface area contributed by atoms with E-state index >= 15 is 0 Å². The molecule has 0 spiro atoms. The van der Waals surface area contributed by atoms with Crippen molar-refractivity contribution in [3.63, 3.8) is 0 Å². The fraction of sp³-hybridized carbons (Fsp3) is 0.412. The Kier molecular flexibility index (Phi) is 6.90. The maximum atomic E-state index is 5.11. The van der Waals surface area contributed by atoms with Crippen LogP contribution in [-0.2, 0) is 11.2 Å². The lowest BCUT2D eigenvalue weighted by Crippen LogP contribution is -2.26. The van der Waals surface area contributed by atoms with Gasteiger partial charge in [-0.25, -0.2) is 0 Å². The average molecular weight is 368 g/mol. The molecule has 0 aliphatic heterocycles. The molecule has 2 nitrogen and oxygen atoms in total. The summed E-state index contributed by atoms with van der Waals surface area (Å²) in [6, 6.07) is 11.0. The SMILES string of the molecule is COCCNCC(Cc1sccc1Br)c1cccc(C)c1. The van der Waals surface area contributed by atoms with Gasteiger partial charge in [0.05, 0.1) is 6.61 Å². The summed E-state index contributed by atoms with van der Waals surface area (Å²) < 4.78 is 6.33. The van der Waals surface area contributed by atoms with Crippen molar-refractivity contribution in [3.8, 4) is 0 Å². The number of aryl methyl sites for hydroxylation is 1. The molecule has 0 fully saturated rings. The Morgan fingerprint density at radius 3 is 2.86 bits per heavy atom. The first kappa shape index (κ1) is 16.7. The van der Waals surface area contributed by atoms with Crippen LogP contribution in [0.1, 0.15) is 21.9 Å². The van der Waals surface area contributed by atoms with Gasteiger partial charge in [0.1, 0.15) is 0 Å². The van der Waals surface area contributed by atoms with E-state index in [2.05, 4.69) is 63.9 Å². The summed E-state index contributed by atoms with van der Waals surface area (Å²) in [4.78, 5) is 1.41. The lowest BCUT2D eigenvalue weighted by atomic mass is 9.93. The smallest absolute Gasteiger partial charge is 0.0587 e. The van der Waals surface area contributed by atoms with Crippen LogP contribution in [0, 0.1) is 6.92 Å². The van der Waals surface area contributed by atoms with Crippen LogP contribution >= 0.6 is 27.3 Å². The lowest BCUT2D eigenvalue weighted by molar-refractivity contribution is 0.199. The summed E-state index contributed by atoms with van der Waals surface area (Å²) in [5.41, 5.74) is 2.72. The zero-order valence-electron chi connectivity index (χ0n) is 12.6. The number of hydrogen-bond donors (Lipinski definition) is 1. The fourth-order valence-electron chi connectivity index (χ4n) is 2.38. The quantitative estimate of drug-likeness (QED) is 0.698. The van der Waals surface area contributed by atoms with Crippen LogP contribution in [0.15, 0.2) is 40.2 Å². The molecule has 114 valence electrons. The van der Waals surface area contributed by atoms with Gasteiger partial charge >= 0.3 is 0 Å². The number of benzene rings is 1. The maximum Gasteiger partial charge on any atom is 0.0587 e. The maximum absolute atomic E-state index is 5.11. The van der Waals surface area contributed by atoms with Crippen LogP contribution in [0.2, 0.25) is 0 Å². The first-order valence-corrected chi connectivity index (χ1v) is 8.86. The van der Waals surface area contributed by atoms with Gasteiger partial charge in [-0.1, -0.05) is 29.8 Å². The van der Waals surface area contributed by atoms with E-state index in [9.17, 15) is 0 Å². The van der Waals surface area contributed by atoms with E-state index in [-0.39, 0.29) is 0 Å². The van der Waals surface area contributed by atoms with Gasteiger partial charge in [-0.15, -0.1) is 11.3 Å². The molecule has 0 radical (unpaired) electrons. The summed E-state index contributed by atoms with van der Waals surface area (Å²) in [5.74, 6) is 0.483. The van der Waals surface area contributed by atoms with Crippen molar-refractivity contribution in [2.45, 2.75) is 19.3 Å². The molecule has 21 heavy (non-hydrogen) atoms. The first-order chi connectivity index (χ1) is 10.2. The average Bonchev–Trinajstić information content (AvgIpc) is 2.87.